The highest BCUT2D eigenvalue weighted by molar-refractivity contribution is 4.65. The molecule has 1 aromatic rings. The zero-order valence-corrected chi connectivity index (χ0v) is 7.56. The van der Waals surface area contributed by atoms with Crippen molar-refractivity contribution in [3.8, 4) is 0 Å². The number of ether oxygens (including phenoxy) is 2. The zero-order chi connectivity index (χ0) is 8.81. The number of imidazole rings is 1. The van der Waals surface area contributed by atoms with E-state index in [2.05, 4.69) is 4.57 Å². The monoisotopic (exact) mass is 171 g/mol. The van der Waals surface area contributed by atoms with Gasteiger partial charge in [0.05, 0.1) is 13.7 Å². The Hall–Kier alpha value is -0.870. The number of aromatic nitrogens is 2. The summed E-state index contributed by atoms with van der Waals surface area (Å²) in [6.07, 6.45) is 6.02. The van der Waals surface area contributed by atoms with E-state index in [1.54, 1.807) is 7.11 Å². The smallest absolute Gasteiger partial charge is 0.243 e. The van der Waals surface area contributed by atoms with Crippen LogP contribution in [0, 0.1) is 0 Å². The van der Waals surface area contributed by atoms with Gasteiger partial charge in [0.25, 0.3) is 0 Å². The quantitative estimate of drug-likeness (QED) is 0.352. The van der Waals surface area contributed by atoms with E-state index < -0.39 is 0 Å². The number of rotatable bonds is 5. The van der Waals surface area contributed by atoms with Gasteiger partial charge in [-0.15, -0.1) is 0 Å². The van der Waals surface area contributed by atoms with E-state index in [1.807, 2.05) is 30.3 Å². The SMILES string of the molecule is COCOCCn1cc[n+](C)c1. The average molecular weight is 171 g/mol. The lowest BCUT2D eigenvalue weighted by molar-refractivity contribution is -0.671. The third-order valence-electron chi connectivity index (χ3n) is 1.52. The fraction of sp³-hybridized carbons (Fsp3) is 0.625. The molecule has 0 aliphatic heterocycles. The minimum Gasteiger partial charge on any atom is -0.359 e. The highest BCUT2D eigenvalue weighted by atomic mass is 16.7. The summed E-state index contributed by atoms with van der Waals surface area (Å²) in [5, 5.41) is 0. The Labute approximate surface area is 72.3 Å². The standard InChI is InChI=1S/C8H15N2O2/c1-9-3-4-10(7-9)5-6-12-8-11-2/h3-4,7H,5-6,8H2,1-2H3/q+1. The number of methoxy groups -OCH3 is 1. The minimum atomic E-state index is 0.368. The highest BCUT2D eigenvalue weighted by Crippen LogP contribution is 1.84. The van der Waals surface area contributed by atoms with E-state index in [4.69, 9.17) is 9.47 Å². The fourth-order valence-corrected chi connectivity index (χ4v) is 0.946. The molecule has 0 amide bonds. The van der Waals surface area contributed by atoms with Crippen LogP contribution in [0.15, 0.2) is 18.7 Å². The van der Waals surface area contributed by atoms with Crippen LogP contribution in [0.1, 0.15) is 0 Å². The van der Waals surface area contributed by atoms with Crippen molar-refractivity contribution in [1.29, 1.82) is 0 Å². The van der Waals surface area contributed by atoms with Crippen molar-refractivity contribution < 1.29 is 14.0 Å². The lowest BCUT2D eigenvalue weighted by atomic mass is 10.7. The van der Waals surface area contributed by atoms with Crippen LogP contribution in [0.4, 0.5) is 0 Å². The lowest BCUT2D eigenvalue weighted by Crippen LogP contribution is -2.24. The van der Waals surface area contributed by atoms with Gasteiger partial charge >= 0.3 is 0 Å². The van der Waals surface area contributed by atoms with Crippen molar-refractivity contribution in [3.63, 3.8) is 0 Å². The summed E-state index contributed by atoms with van der Waals surface area (Å²) in [6.45, 7) is 1.92. The molecule has 4 heteroatoms. The van der Waals surface area contributed by atoms with Crippen LogP contribution in [-0.4, -0.2) is 25.1 Å². The number of nitrogens with zero attached hydrogens (tertiary/aromatic N) is 2. The van der Waals surface area contributed by atoms with Gasteiger partial charge in [-0.3, -0.25) is 0 Å². The topological polar surface area (TPSA) is 27.3 Å². The molecule has 0 aliphatic rings. The Morgan fingerprint density at radius 2 is 2.33 bits per heavy atom. The van der Waals surface area contributed by atoms with Crippen LogP contribution in [0.5, 0.6) is 0 Å². The minimum absolute atomic E-state index is 0.368. The Morgan fingerprint density at radius 1 is 1.50 bits per heavy atom. The predicted molar refractivity (Wildman–Crippen MR) is 43.4 cm³/mol. The largest absolute Gasteiger partial charge is 0.359 e. The molecule has 0 saturated heterocycles. The summed E-state index contributed by atoms with van der Waals surface area (Å²) in [5.41, 5.74) is 0. The van der Waals surface area contributed by atoms with E-state index in [9.17, 15) is 0 Å². The van der Waals surface area contributed by atoms with Gasteiger partial charge in [0.1, 0.15) is 25.7 Å². The molecule has 4 nitrogen and oxygen atoms in total. The van der Waals surface area contributed by atoms with Gasteiger partial charge in [-0.25, -0.2) is 9.13 Å². The van der Waals surface area contributed by atoms with Crippen molar-refractivity contribution in [1.82, 2.24) is 4.57 Å². The summed E-state index contributed by atoms with van der Waals surface area (Å²) < 4.78 is 14.0. The van der Waals surface area contributed by atoms with Gasteiger partial charge in [-0.05, 0) is 0 Å². The normalized spacial score (nSPS) is 10.5. The first-order valence-corrected chi connectivity index (χ1v) is 3.90. The van der Waals surface area contributed by atoms with Crippen LogP contribution in [0.25, 0.3) is 0 Å². The second-order valence-corrected chi connectivity index (χ2v) is 2.63. The second-order valence-electron chi connectivity index (χ2n) is 2.63. The average Bonchev–Trinajstić information content (AvgIpc) is 2.45. The van der Waals surface area contributed by atoms with Gasteiger partial charge in [0.15, 0.2) is 0 Å². The van der Waals surface area contributed by atoms with Crippen LogP contribution in [0.2, 0.25) is 0 Å². The number of hydrogen-bond acceptors (Lipinski definition) is 2. The van der Waals surface area contributed by atoms with E-state index >= 15 is 0 Å². The molecule has 0 atom stereocenters. The van der Waals surface area contributed by atoms with Gasteiger partial charge in [-0.2, -0.15) is 0 Å². The van der Waals surface area contributed by atoms with Crippen molar-refractivity contribution in [2.45, 2.75) is 6.54 Å². The zero-order valence-electron chi connectivity index (χ0n) is 7.56. The molecule has 0 fully saturated rings. The molecule has 0 N–H and O–H groups in total. The first-order valence-electron chi connectivity index (χ1n) is 3.90. The molecule has 68 valence electrons. The predicted octanol–water partition coefficient (Wildman–Crippen LogP) is -0.0669. The Bertz CT molecular complexity index is 223. The van der Waals surface area contributed by atoms with E-state index in [0.29, 0.717) is 13.4 Å². The molecular weight excluding hydrogens is 156 g/mol. The molecule has 1 aromatic heterocycles. The van der Waals surface area contributed by atoms with Crippen molar-refractivity contribution in [2.24, 2.45) is 7.05 Å². The maximum atomic E-state index is 5.14. The van der Waals surface area contributed by atoms with E-state index in [-0.39, 0.29) is 0 Å². The third-order valence-corrected chi connectivity index (χ3v) is 1.52. The third kappa shape index (κ3) is 3.02. The summed E-state index contributed by atoms with van der Waals surface area (Å²) in [7, 11) is 3.61. The van der Waals surface area contributed by atoms with Crippen molar-refractivity contribution in [2.75, 3.05) is 20.5 Å². The molecule has 0 aromatic carbocycles. The number of aryl methyl sites for hydroxylation is 1. The van der Waals surface area contributed by atoms with Gasteiger partial charge in [-0.1, -0.05) is 0 Å². The number of hydrogen-bond donors (Lipinski definition) is 0. The maximum absolute atomic E-state index is 5.14. The molecule has 1 rings (SSSR count). The molecule has 0 bridgehead atoms. The van der Waals surface area contributed by atoms with E-state index in [0.717, 1.165) is 6.54 Å². The summed E-state index contributed by atoms with van der Waals surface area (Å²) in [4.78, 5) is 0. The molecular formula is C8H15N2O2+. The van der Waals surface area contributed by atoms with E-state index in [1.165, 1.54) is 0 Å². The van der Waals surface area contributed by atoms with Crippen LogP contribution < -0.4 is 4.57 Å². The molecule has 0 saturated carbocycles. The summed E-state index contributed by atoms with van der Waals surface area (Å²) >= 11 is 0. The van der Waals surface area contributed by atoms with Crippen LogP contribution >= 0.6 is 0 Å². The summed E-state index contributed by atoms with van der Waals surface area (Å²) in [5.74, 6) is 0. The molecule has 0 radical (unpaired) electrons. The molecule has 0 spiro atoms. The maximum Gasteiger partial charge on any atom is 0.243 e. The van der Waals surface area contributed by atoms with Crippen molar-refractivity contribution in [3.05, 3.63) is 18.7 Å². The highest BCUT2D eigenvalue weighted by Gasteiger charge is 1.98. The second kappa shape index (κ2) is 4.90. The lowest BCUT2D eigenvalue weighted by Gasteiger charge is -1.99. The fourth-order valence-electron chi connectivity index (χ4n) is 0.946. The molecule has 12 heavy (non-hydrogen) atoms. The molecule has 1 heterocycles. The first-order chi connectivity index (χ1) is 5.83. The molecule has 0 unspecified atom stereocenters. The van der Waals surface area contributed by atoms with Gasteiger partial charge in [0.2, 0.25) is 6.33 Å². The van der Waals surface area contributed by atoms with Gasteiger partial charge in [0, 0.05) is 7.11 Å². The van der Waals surface area contributed by atoms with Gasteiger partial charge < -0.3 is 9.47 Å². The first kappa shape index (κ1) is 9.22. The Balaban J connectivity index is 2.15. The van der Waals surface area contributed by atoms with Crippen LogP contribution in [0.3, 0.4) is 0 Å². The Morgan fingerprint density at radius 3 is 2.92 bits per heavy atom. The van der Waals surface area contributed by atoms with Crippen molar-refractivity contribution >= 4 is 0 Å². The Kier molecular flexibility index (Phi) is 3.76. The summed E-state index contributed by atoms with van der Waals surface area (Å²) in [6, 6.07) is 0. The van der Waals surface area contributed by atoms with Crippen LogP contribution in [-0.2, 0) is 23.1 Å². The molecule has 0 aliphatic carbocycles.